The number of allylic oxidation sites excluding steroid dienone is 2. The Bertz CT molecular complexity index is 750. The van der Waals surface area contributed by atoms with Crippen LogP contribution in [0.2, 0.25) is 0 Å². The van der Waals surface area contributed by atoms with E-state index in [0.717, 1.165) is 48.7 Å². The minimum Gasteiger partial charge on any atom is -0.207 e. The molecule has 0 spiro atoms. The summed E-state index contributed by atoms with van der Waals surface area (Å²) in [6.07, 6.45) is 10.5. The molecule has 0 bridgehead atoms. The van der Waals surface area contributed by atoms with Crippen molar-refractivity contribution in [2.45, 2.75) is 50.9 Å². The Morgan fingerprint density at radius 3 is 2.04 bits per heavy atom. The van der Waals surface area contributed by atoms with Gasteiger partial charge >= 0.3 is 0 Å². The lowest BCUT2D eigenvalue weighted by molar-refractivity contribution is 0.221. The Morgan fingerprint density at radius 1 is 0.731 bits per heavy atom. The second kappa shape index (κ2) is 7.73. The fraction of sp³-hybridized carbons (Fsp3) is 0.417. The molecule has 0 aromatic heterocycles. The molecule has 0 heterocycles. The molecule has 2 aromatic carbocycles. The lowest BCUT2D eigenvalue weighted by atomic mass is 9.70. The highest BCUT2D eigenvalue weighted by Crippen LogP contribution is 2.43. The Labute approximate surface area is 154 Å². The Balaban J connectivity index is 1.36. The van der Waals surface area contributed by atoms with Gasteiger partial charge < -0.3 is 0 Å². The van der Waals surface area contributed by atoms with Crippen molar-refractivity contribution in [1.82, 2.24) is 0 Å². The van der Waals surface area contributed by atoms with Crippen LogP contribution in [0.1, 0.15) is 62.0 Å². The van der Waals surface area contributed by atoms with E-state index in [4.69, 9.17) is 0 Å². The van der Waals surface area contributed by atoms with Crippen LogP contribution in [0.3, 0.4) is 0 Å². The van der Waals surface area contributed by atoms with Crippen molar-refractivity contribution in [3.05, 3.63) is 77.4 Å². The van der Waals surface area contributed by atoms with Gasteiger partial charge in [-0.3, -0.25) is 0 Å². The standard InChI is InChI=1S/C24H26F2/c25-23-14-22(15-24(26)16-23)21-12-10-20(11-13-21)19-8-6-18(7-9-19)17-4-2-1-3-5-17/h1-5,12,14-16,18-20H,6-11,13H2. The van der Waals surface area contributed by atoms with Crippen molar-refractivity contribution < 1.29 is 8.78 Å². The Morgan fingerprint density at radius 2 is 1.42 bits per heavy atom. The first-order chi connectivity index (χ1) is 12.7. The van der Waals surface area contributed by atoms with Crippen LogP contribution in [0.4, 0.5) is 8.78 Å². The summed E-state index contributed by atoms with van der Waals surface area (Å²) in [4.78, 5) is 0. The van der Waals surface area contributed by atoms with Crippen LogP contribution in [0.15, 0.2) is 54.6 Å². The summed E-state index contributed by atoms with van der Waals surface area (Å²) < 4.78 is 26.9. The third-order valence-electron chi connectivity index (χ3n) is 6.39. The van der Waals surface area contributed by atoms with Gasteiger partial charge in [0, 0.05) is 6.07 Å². The SMILES string of the molecule is Fc1cc(F)cc(C2=CCC(C3CCC(c4ccccc4)CC3)CC2)c1. The van der Waals surface area contributed by atoms with Crippen molar-refractivity contribution in [2.24, 2.45) is 11.8 Å². The van der Waals surface area contributed by atoms with E-state index < -0.39 is 11.6 Å². The molecule has 0 aliphatic heterocycles. The van der Waals surface area contributed by atoms with E-state index in [1.54, 1.807) is 0 Å². The average Bonchev–Trinajstić information content (AvgIpc) is 2.68. The van der Waals surface area contributed by atoms with Gasteiger partial charge in [-0.05, 0) is 91.5 Å². The average molecular weight is 352 g/mol. The number of halogens is 2. The molecule has 0 nitrogen and oxygen atoms in total. The predicted octanol–water partition coefficient (Wildman–Crippen LogP) is 7.12. The van der Waals surface area contributed by atoms with Gasteiger partial charge in [0.15, 0.2) is 0 Å². The first-order valence-electron chi connectivity index (χ1n) is 9.89. The molecule has 0 N–H and O–H groups in total. The van der Waals surface area contributed by atoms with Crippen molar-refractivity contribution >= 4 is 5.57 Å². The molecule has 2 aliphatic rings. The first kappa shape index (κ1) is 17.5. The van der Waals surface area contributed by atoms with Gasteiger partial charge in [-0.2, -0.15) is 0 Å². The zero-order valence-corrected chi connectivity index (χ0v) is 15.1. The van der Waals surface area contributed by atoms with Crippen LogP contribution in [-0.4, -0.2) is 0 Å². The Kier molecular flexibility index (Phi) is 5.19. The predicted molar refractivity (Wildman–Crippen MR) is 103 cm³/mol. The monoisotopic (exact) mass is 352 g/mol. The number of hydrogen-bond acceptors (Lipinski definition) is 0. The van der Waals surface area contributed by atoms with Gasteiger partial charge in [-0.15, -0.1) is 0 Å². The molecule has 1 saturated carbocycles. The van der Waals surface area contributed by atoms with Crippen molar-refractivity contribution in [3.8, 4) is 0 Å². The quantitative estimate of drug-likeness (QED) is 0.551. The molecule has 2 aliphatic carbocycles. The third-order valence-corrected chi connectivity index (χ3v) is 6.39. The smallest absolute Gasteiger partial charge is 0.126 e. The summed E-state index contributed by atoms with van der Waals surface area (Å²) in [6.45, 7) is 0. The van der Waals surface area contributed by atoms with E-state index >= 15 is 0 Å². The topological polar surface area (TPSA) is 0 Å². The van der Waals surface area contributed by atoms with Gasteiger partial charge in [-0.25, -0.2) is 8.78 Å². The maximum absolute atomic E-state index is 13.5. The van der Waals surface area contributed by atoms with E-state index in [1.165, 1.54) is 43.4 Å². The number of benzene rings is 2. The lowest BCUT2D eigenvalue weighted by Crippen LogP contribution is -2.22. The minimum absolute atomic E-state index is 0.484. The molecule has 0 saturated heterocycles. The minimum atomic E-state index is -0.484. The highest BCUT2D eigenvalue weighted by atomic mass is 19.1. The lowest BCUT2D eigenvalue weighted by Gasteiger charge is -2.35. The van der Waals surface area contributed by atoms with Gasteiger partial charge in [-0.1, -0.05) is 36.4 Å². The molecule has 4 rings (SSSR count). The van der Waals surface area contributed by atoms with Crippen LogP contribution in [-0.2, 0) is 0 Å². The summed E-state index contributed by atoms with van der Waals surface area (Å²) >= 11 is 0. The van der Waals surface area contributed by atoms with Gasteiger partial charge in [0.2, 0.25) is 0 Å². The summed E-state index contributed by atoms with van der Waals surface area (Å²) in [6, 6.07) is 14.8. The highest BCUT2D eigenvalue weighted by molar-refractivity contribution is 5.66. The maximum Gasteiger partial charge on any atom is 0.126 e. The van der Waals surface area contributed by atoms with Gasteiger partial charge in [0.05, 0.1) is 0 Å². The van der Waals surface area contributed by atoms with Crippen LogP contribution in [0.25, 0.3) is 5.57 Å². The van der Waals surface area contributed by atoms with E-state index in [-0.39, 0.29) is 0 Å². The summed E-state index contributed by atoms with van der Waals surface area (Å²) in [5.41, 5.74) is 3.32. The molecule has 2 aromatic rings. The molecule has 136 valence electrons. The molecule has 26 heavy (non-hydrogen) atoms. The molecule has 2 heteroatoms. The molecule has 1 atom stereocenters. The number of hydrogen-bond donors (Lipinski definition) is 0. The fourth-order valence-corrected chi connectivity index (χ4v) is 4.93. The van der Waals surface area contributed by atoms with Crippen molar-refractivity contribution in [1.29, 1.82) is 0 Å². The normalized spacial score (nSPS) is 26.4. The fourth-order valence-electron chi connectivity index (χ4n) is 4.93. The van der Waals surface area contributed by atoms with Crippen LogP contribution in [0.5, 0.6) is 0 Å². The highest BCUT2D eigenvalue weighted by Gasteiger charge is 2.29. The van der Waals surface area contributed by atoms with Gasteiger partial charge in [0.1, 0.15) is 11.6 Å². The van der Waals surface area contributed by atoms with E-state index in [0.29, 0.717) is 5.56 Å². The molecule has 1 unspecified atom stereocenters. The van der Waals surface area contributed by atoms with Gasteiger partial charge in [0.25, 0.3) is 0 Å². The molecular weight excluding hydrogens is 326 g/mol. The second-order valence-electron chi connectivity index (χ2n) is 7.94. The van der Waals surface area contributed by atoms with Crippen molar-refractivity contribution in [3.63, 3.8) is 0 Å². The van der Waals surface area contributed by atoms with Crippen LogP contribution >= 0.6 is 0 Å². The third kappa shape index (κ3) is 3.90. The molecule has 1 fully saturated rings. The molecular formula is C24H26F2. The molecule has 0 amide bonds. The van der Waals surface area contributed by atoms with Crippen LogP contribution in [0, 0.1) is 23.5 Å². The zero-order chi connectivity index (χ0) is 17.9. The summed E-state index contributed by atoms with van der Waals surface area (Å²) in [7, 11) is 0. The van der Waals surface area contributed by atoms with Crippen LogP contribution < -0.4 is 0 Å². The number of rotatable bonds is 3. The van der Waals surface area contributed by atoms with Crippen molar-refractivity contribution in [2.75, 3.05) is 0 Å². The Hall–Kier alpha value is -1.96. The maximum atomic E-state index is 13.5. The summed E-state index contributed by atoms with van der Waals surface area (Å²) in [5, 5.41) is 0. The summed E-state index contributed by atoms with van der Waals surface area (Å²) in [5.74, 6) is 1.29. The van der Waals surface area contributed by atoms with E-state index in [9.17, 15) is 8.78 Å². The zero-order valence-electron chi connectivity index (χ0n) is 15.1. The van der Waals surface area contributed by atoms with E-state index in [2.05, 4.69) is 36.4 Å². The first-order valence-corrected chi connectivity index (χ1v) is 9.89. The molecule has 0 radical (unpaired) electrons. The van der Waals surface area contributed by atoms with E-state index in [1.807, 2.05) is 0 Å². The largest absolute Gasteiger partial charge is 0.207 e. The second-order valence-corrected chi connectivity index (χ2v) is 7.94.